The van der Waals surface area contributed by atoms with Crippen LogP contribution in [0, 0.1) is 5.92 Å². The minimum atomic E-state index is -3.36. The molecule has 0 bridgehead atoms. The van der Waals surface area contributed by atoms with Gasteiger partial charge in [0.15, 0.2) is 0 Å². The van der Waals surface area contributed by atoms with Gasteiger partial charge in [-0.05, 0) is 32.9 Å². The number of likely N-dealkylation sites (N-methyl/N-ethyl adjacent to an activating group) is 1. The molecule has 1 N–H and O–H groups in total. The molecule has 146 valence electrons. The van der Waals surface area contributed by atoms with Crippen LogP contribution < -0.4 is 5.32 Å². The van der Waals surface area contributed by atoms with E-state index in [1.165, 1.54) is 22.7 Å². The summed E-state index contributed by atoms with van der Waals surface area (Å²) in [5.74, 6) is -0.00229. The van der Waals surface area contributed by atoms with Crippen molar-refractivity contribution < 1.29 is 13.2 Å². The van der Waals surface area contributed by atoms with Gasteiger partial charge < -0.3 is 15.1 Å². The van der Waals surface area contributed by atoms with Gasteiger partial charge in [0, 0.05) is 65.8 Å². The van der Waals surface area contributed by atoms with E-state index >= 15 is 0 Å². The lowest BCUT2D eigenvalue weighted by Gasteiger charge is -2.33. The first kappa shape index (κ1) is 20.6. The van der Waals surface area contributed by atoms with Gasteiger partial charge in [0.25, 0.3) is 10.2 Å². The molecule has 8 nitrogen and oxygen atoms in total. The lowest BCUT2D eigenvalue weighted by Crippen LogP contribution is -2.47. The van der Waals surface area contributed by atoms with Crippen molar-refractivity contribution in [2.24, 2.45) is 5.92 Å². The summed E-state index contributed by atoms with van der Waals surface area (Å²) in [5, 5.41) is 3.02. The lowest BCUT2D eigenvalue weighted by molar-refractivity contribution is -0.126. The summed E-state index contributed by atoms with van der Waals surface area (Å²) in [6.45, 7) is 6.98. The molecule has 0 saturated carbocycles. The molecule has 0 atom stereocenters. The van der Waals surface area contributed by atoms with Gasteiger partial charge in [0.2, 0.25) is 5.91 Å². The van der Waals surface area contributed by atoms with Gasteiger partial charge in [-0.15, -0.1) is 0 Å². The van der Waals surface area contributed by atoms with E-state index in [-0.39, 0.29) is 11.8 Å². The molecule has 1 amide bonds. The van der Waals surface area contributed by atoms with E-state index < -0.39 is 10.2 Å². The topological polar surface area (TPSA) is 76.2 Å². The Morgan fingerprint density at radius 3 is 2.24 bits per heavy atom. The average molecular weight is 376 g/mol. The molecule has 2 aliphatic heterocycles. The molecular formula is C16H33N5O3S. The largest absolute Gasteiger partial charge is 0.356 e. The summed E-state index contributed by atoms with van der Waals surface area (Å²) in [5.41, 5.74) is 0. The number of piperidine rings is 1. The van der Waals surface area contributed by atoms with Gasteiger partial charge >= 0.3 is 0 Å². The van der Waals surface area contributed by atoms with Crippen LogP contribution in [0.4, 0.5) is 0 Å². The van der Waals surface area contributed by atoms with Gasteiger partial charge in [-0.3, -0.25) is 4.79 Å². The predicted molar refractivity (Wildman–Crippen MR) is 98.5 cm³/mol. The van der Waals surface area contributed by atoms with Crippen molar-refractivity contribution in [3.8, 4) is 0 Å². The smallest absolute Gasteiger partial charge is 0.281 e. The first-order valence-corrected chi connectivity index (χ1v) is 10.6. The fourth-order valence-electron chi connectivity index (χ4n) is 3.31. The second-order valence-electron chi connectivity index (χ2n) is 7.25. The van der Waals surface area contributed by atoms with Crippen molar-refractivity contribution in [3.63, 3.8) is 0 Å². The van der Waals surface area contributed by atoms with Crippen LogP contribution in [0.15, 0.2) is 0 Å². The van der Waals surface area contributed by atoms with E-state index in [0.29, 0.717) is 32.5 Å². The Balaban J connectivity index is 1.62. The third-order valence-corrected chi connectivity index (χ3v) is 7.10. The number of nitrogens with zero attached hydrogens (tertiary/aromatic N) is 4. The SMILES string of the molecule is CN1CCN(CCCNC(=O)C2CCN(S(=O)(=O)N(C)C)CC2)CC1. The number of piperazine rings is 1. The normalized spacial score (nSPS) is 22.4. The number of carbonyl (C=O) groups excluding carboxylic acids is 1. The fraction of sp³-hybridized carbons (Fsp3) is 0.938. The first-order chi connectivity index (χ1) is 11.8. The third kappa shape index (κ3) is 5.89. The molecule has 0 aromatic rings. The molecule has 0 spiro atoms. The number of carbonyl (C=O) groups is 1. The van der Waals surface area contributed by atoms with Crippen LogP contribution >= 0.6 is 0 Å². The van der Waals surface area contributed by atoms with Crippen LogP contribution in [-0.2, 0) is 15.0 Å². The van der Waals surface area contributed by atoms with Gasteiger partial charge in [0.05, 0.1) is 0 Å². The molecule has 2 fully saturated rings. The molecule has 0 aliphatic carbocycles. The van der Waals surface area contributed by atoms with E-state index in [4.69, 9.17) is 0 Å². The van der Waals surface area contributed by atoms with Crippen molar-refractivity contribution in [3.05, 3.63) is 0 Å². The van der Waals surface area contributed by atoms with E-state index in [1.807, 2.05) is 0 Å². The molecule has 9 heteroatoms. The second-order valence-corrected chi connectivity index (χ2v) is 9.40. The zero-order valence-electron chi connectivity index (χ0n) is 15.8. The maximum atomic E-state index is 12.3. The number of nitrogens with one attached hydrogen (secondary N) is 1. The summed E-state index contributed by atoms with van der Waals surface area (Å²) in [7, 11) is 1.86. The third-order valence-electron chi connectivity index (χ3n) is 5.16. The van der Waals surface area contributed by atoms with Crippen molar-refractivity contribution in [1.29, 1.82) is 0 Å². The standard InChI is InChI=1S/C16H33N5O3S/c1-18(2)25(23,24)21-9-5-15(6-10-21)16(22)17-7-4-8-20-13-11-19(3)12-14-20/h15H,4-14H2,1-3H3,(H,17,22). The highest BCUT2D eigenvalue weighted by Gasteiger charge is 2.32. The highest BCUT2D eigenvalue weighted by atomic mass is 32.2. The summed E-state index contributed by atoms with van der Waals surface area (Å²) in [6, 6.07) is 0. The van der Waals surface area contributed by atoms with Gasteiger partial charge in [-0.2, -0.15) is 17.0 Å². The van der Waals surface area contributed by atoms with E-state index in [9.17, 15) is 13.2 Å². The Hall–Kier alpha value is -0.740. The summed E-state index contributed by atoms with van der Waals surface area (Å²) < 4.78 is 26.9. The van der Waals surface area contributed by atoms with E-state index in [1.54, 1.807) is 0 Å². The molecule has 0 radical (unpaired) electrons. The van der Waals surface area contributed by atoms with Crippen LogP contribution in [0.25, 0.3) is 0 Å². The van der Waals surface area contributed by atoms with Crippen molar-refractivity contribution in [2.75, 3.05) is 73.5 Å². The number of rotatable bonds is 7. The molecule has 2 rings (SSSR count). The highest BCUT2D eigenvalue weighted by molar-refractivity contribution is 7.86. The van der Waals surface area contributed by atoms with Crippen molar-refractivity contribution >= 4 is 16.1 Å². The zero-order chi connectivity index (χ0) is 18.4. The minimum Gasteiger partial charge on any atom is -0.356 e. The van der Waals surface area contributed by atoms with E-state index in [0.717, 1.165) is 39.1 Å². The Labute approximate surface area is 152 Å². The summed E-state index contributed by atoms with van der Waals surface area (Å²) in [6.07, 6.45) is 2.15. The minimum absolute atomic E-state index is 0.0697. The summed E-state index contributed by atoms with van der Waals surface area (Å²) in [4.78, 5) is 17.0. The van der Waals surface area contributed by atoms with Gasteiger partial charge in [0.1, 0.15) is 0 Å². The molecule has 2 saturated heterocycles. The highest BCUT2D eigenvalue weighted by Crippen LogP contribution is 2.20. The quantitative estimate of drug-likeness (QED) is 0.593. The second kappa shape index (κ2) is 9.27. The fourth-order valence-corrected chi connectivity index (χ4v) is 4.44. The molecule has 2 aliphatic rings. The first-order valence-electron chi connectivity index (χ1n) is 9.17. The zero-order valence-corrected chi connectivity index (χ0v) is 16.6. The van der Waals surface area contributed by atoms with Crippen LogP contribution in [0.5, 0.6) is 0 Å². The molecule has 2 heterocycles. The average Bonchev–Trinajstić information content (AvgIpc) is 2.60. The number of hydrogen-bond donors (Lipinski definition) is 1. The van der Waals surface area contributed by atoms with Crippen LogP contribution in [0.1, 0.15) is 19.3 Å². The monoisotopic (exact) mass is 375 g/mol. The molecule has 0 unspecified atom stereocenters. The molecule has 25 heavy (non-hydrogen) atoms. The number of amides is 1. The predicted octanol–water partition coefficient (Wildman–Crippen LogP) is -0.741. The van der Waals surface area contributed by atoms with Gasteiger partial charge in [-0.25, -0.2) is 0 Å². The Kier molecular flexibility index (Phi) is 7.63. The van der Waals surface area contributed by atoms with Crippen molar-refractivity contribution in [1.82, 2.24) is 23.7 Å². The van der Waals surface area contributed by atoms with Gasteiger partial charge in [-0.1, -0.05) is 0 Å². The molecular weight excluding hydrogens is 342 g/mol. The van der Waals surface area contributed by atoms with E-state index in [2.05, 4.69) is 22.2 Å². The Morgan fingerprint density at radius 1 is 1.08 bits per heavy atom. The van der Waals surface area contributed by atoms with Crippen LogP contribution in [0.2, 0.25) is 0 Å². The Bertz CT molecular complexity index is 524. The Morgan fingerprint density at radius 2 is 1.68 bits per heavy atom. The van der Waals surface area contributed by atoms with Crippen molar-refractivity contribution in [2.45, 2.75) is 19.3 Å². The van der Waals surface area contributed by atoms with Crippen LogP contribution in [-0.4, -0.2) is 106 Å². The number of hydrogen-bond acceptors (Lipinski definition) is 5. The molecule has 0 aromatic carbocycles. The maximum Gasteiger partial charge on any atom is 0.281 e. The molecule has 0 aromatic heterocycles. The maximum absolute atomic E-state index is 12.3. The summed E-state index contributed by atoms with van der Waals surface area (Å²) >= 11 is 0. The van der Waals surface area contributed by atoms with Crippen LogP contribution in [0.3, 0.4) is 0 Å². The lowest BCUT2D eigenvalue weighted by atomic mass is 9.97.